The van der Waals surface area contributed by atoms with Crippen molar-refractivity contribution >= 4 is 11.0 Å². The van der Waals surface area contributed by atoms with Crippen molar-refractivity contribution in [1.29, 1.82) is 0 Å². The number of benzene rings is 7. The van der Waals surface area contributed by atoms with Gasteiger partial charge in [-0.25, -0.2) is 4.98 Å². The van der Waals surface area contributed by atoms with Crippen LogP contribution in [0.25, 0.3) is 83.9 Å². The number of phenolic OH excluding ortho intramolecular Hbond substituents is 1. The zero-order valence-electron chi connectivity index (χ0n) is 42.5. The Morgan fingerprint density at radius 3 is 1.94 bits per heavy atom. The van der Waals surface area contributed by atoms with Crippen LogP contribution in [0.4, 0.5) is 0 Å². The van der Waals surface area contributed by atoms with E-state index in [1.54, 1.807) is 18.3 Å². The number of fused-ring (bicyclic) bond motifs is 1. The van der Waals surface area contributed by atoms with E-state index in [0.29, 0.717) is 22.6 Å². The molecule has 0 amide bonds. The Hall–Kier alpha value is -7.04. The summed E-state index contributed by atoms with van der Waals surface area (Å²) in [7, 11) is 0. The number of para-hydroxylation sites is 1. The number of nitrogens with zero attached hydrogens (tertiary/aromatic N) is 3. The SMILES string of the molecule is [2H]c1c([2H])c([2H])c(-c2ccnc(-c3cc(-c4cccc5c4nc(-c4cc(C)cc(C)c4O)n5-c4cc(C)c(-c5ccccc5)cc4-c4ccc(C(C)(C)C)cc4)cc(C(C)(C)C)c3)c2)c([2H])c1[2H]. The summed E-state index contributed by atoms with van der Waals surface area (Å²) in [6, 6.07) is 42.3. The lowest BCUT2D eigenvalue weighted by Gasteiger charge is -2.22. The fourth-order valence-corrected chi connectivity index (χ4v) is 8.58. The maximum absolute atomic E-state index is 12.0. The smallest absolute Gasteiger partial charge is 0.149 e. The lowest BCUT2D eigenvalue weighted by atomic mass is 9.83. The van der Waals surface area contributed by atoms with Gasteiger partial charge in [-0.2, -0.15) is 0 Å². The van der Waals surface area contributed by atoms with Gasteiger partial charge in [0.1, 0.15) is 11.6 Å². The third-order valence-corrected chi connectivity index (χ3v) is 12.1. The predicted octanol–water partition coefficient (Wildman–Crippen LogP) is 15.6. The number of imidazole rings is 1. The van der Waals surface area contributed by atoms with Gasteiger partial charge < -0.3 is 5.11 Å². The Labute approximate surface area is 379 Å². The highest BCUT2D eigenvalue weighted by molar-refractivity contribution is 5.98. The van der Waals surface area contributed by atoms with Gasteiger partial charge in [0.15, 0.2) is 0 Å². The van der Waals surface area contributed by atoms with Crippen molar-refractivity contribution < 1.29 is 12.0 Å². The van der Waals surface area contributed by atoms with Crippen LogP contribution in [0.3, 0.4) is 0 Å². The zero-order valence-corrected chi connectivity index (χ0v) is 37.5. The van der Waals surface area contributed by atoms with Crippen LogP contribution in [0, 0.1) is 20.8 Å². The van der Waals surface area contributed by atoms with Crippen LogP contribution in [0.2, 0.25) is 0 Å². The number of rotatable bonds is 7. The number of aromatic hydroxyl groups is 1. The standard InChI is InChI=1S/C59H55N3O/c1-37-29-39(3)56(63)51(30-37)57-61-55-48(44-32-45(34-47(33-44)59(7,8)9)52-35-43(27-28-60-52)40-17-12-10-13-18-40)21-16-22-53(55)62(57)54-31-38(2)49(41-19-14-11-15-20-41)36-50(54)42-23-25-46(26-24-42)58(4,5)6/h10-36,63H,1-9H3/i10D,12D,13D,17D,18D. The molecule has 4 nitrogen and oxygen atoms in total. The van der Waals surface area contributed by atoms with Gasteiger partial charge in [-0.15, -0.1) is 0 Å². The van der Waals surface area contributed by atoms with Gasteiger partial charge in [0.05, 0.1) is 34.8 Å². The topological polar surface area (TPSA) is 50.9 Å². The first-order chi connectivity index (χ1) is 32.2. The first-order valence-corrected chi connectivity index (χ1v) is 21.5. The molecule has 9 rings (SSSR count). The lowest BCUT2D eigenvalue weighted by molar-refractivity contribution is 0.472. The van der Waals surface area contributed by atoms with Gasteiger partial charge in [0, 0.05) is 22.9 Å². The van der Waals surface area contributed by atoms with E-state index < -0.39 is 6.04 Å². The summed E-state index contributed by atoms with van der Waals surface area (Å²) < 4.78 is 44.5. The molecular formula is C59H55N3O. The molecule has 0 aliphatic carbocycles. The number of aryl methyl sites for hydroxylation is 3. The molecule has 0 spiro atoms. The molecule has 2 heterocycles. The van der Waals surface area contributed by atoms with Gasteiger partial charge in [0.25, 0.3) is 0 Å². The summed E-state index contributed by atoms with van der Waals surface area (Å²) in [6.45, 7) is 19.3. The van der Waals surface area contributed by atoms with Crippen molar-refractivity contribution in [3.63, 3.8) is 0 Å². The third kappa shape index (κ3) is 7.98. The molecule has 0 saturated heterocycles. The minimum absolute atomic E-state index is 0.0259. The second kappa shape index (κ2) is 16.0. The van der Waals surface area contributed by atoms with E-state index in [9.17, 15) is 5.11 Å². The van der Waals surface area contributed by atoms with E-state index >= 15 is 0 Å². The van der Waals surface area contributed by atoms with E-state index in [1.165, 1.54) is 5.56 Å². The van der Waals surface area contributed by atoms with Crippen molar-refractivity contribution in [1.82, 2.24) is 14.5 Å². The molecule has 7 aromatic carbocycles. The highest BCUT2D eigenvalue weighted by atomic mass is 16.3. The van der Waals surface area contributed by atoms with Gasteiger partial charge in [-0.05, 0) is 141 Å². The maximum atomic E-state index is 12.0. The first-order valence-electron chi connectivity index (χ1n) is 24.0. The summed E-state index contributed by atoms with van der Waals surface area (Å²) >= 11 is 0. The highest BCUT2D eigenvalue weighted by Gasteiger charge is 2.25. The Balaban J connectivity index is 1.33. The van der Waals surface area contributed by atoms with E-state index in [1.807, 2.05) is 32.0 Å². The van der Waals surface area contributed by atoms with Crippen molar-refractivity contribution in [3.05, 3.63) is 192 Å². The van der Waals surface area contributed by atoms with E-state index in [0.717, 1.165) is 77.9 Å². The summed E-state index contributed by atoms with van der Waals surface area (Å²) in [5.41, 5.74) is 16.1. The Morgan fingerprint density at radius 2 is 1.22 bits per heavy atom. The van der Waals surface area contributed by atoms with Crippen molar-refractivity contribution in [2.75, 3.05) is 0 Å². The molecule has 0 radical (unpaired) electrons. The first kappa shape index (κ1) is 35.5. The second-order valence-electron chi connectivity index (χ2n) is 18.8. The molecule has 0 atom stereocenters. The third-order valence-electron chi connectivity index (χ3n) is 12.1. The Morgan fingerprint density at radius 1 is 0.524 bits per heavy atom. The van der Waals surface area contributed by atoms with Crippen LogP contribution in [-0.2, 0) is 10.8 Å². The normalized spacial score (nSPS) is 13.1. The van der Waals surface area contributed by atoms with Crippen molar-refractivity contribution in [2.24, 2.45) is 0 Å². The predicted molar refractivity (Wildman–Crippen MR) is 265 cm³/mol. The largest absolute Gasteiger partial charge is 0.507 e. The minimum atomic E-state index is -0.432. The van der Waals surface area contributed by atoms with E-state index in [-0.39, 0.29) is 46.3 Å². The van der Waals surface area contributed by atoms with Gasteiger partial charge >= 0.3 is 0 Å². The lowest BCUT2D eigenvalue weighted by Crippen LogP contribution is -2.11. The van der Waals surface area contributed by atoms with Crippen LogP contribution in [-0.4, -0.2) is 19.6 Å². The Kier molecular flexibility index (Phi) is 9.04. The number of hydrogen-bond donors (Lipinski definition) is 1. The number of phenols is 1. The number of aromatic nitrogens is 3. The van der Waals surface area contributed by atoms with Crippen LogP contribution >= 0.6 is 0 Å². The van der Waals surface area contributed by atoms with E-state index in [4.69, 9.17) is 16.8 Å². The average Bonchev–Trinajstić information content (AvgIpc) is 3.70. The fraction of sp³-hybridized carbons (Fsp3) is 0.186. The summed E-state index contributed by atoms with van der Waals surface area (Å²) in [6.07, 6.45) is 1.62. The second-order valence-corrected chi connectivity index (χ2v) is 18.8. The average molecular weight is 827 g/mol. The van der Waals surface area contributed by atoms with Gasteiger partial charge in [-0.3, -0.25) is 9.55 Å². The number of pyridine rings is 1. The minimum Gasteiger partial charge on any atom is -0.507 e. The van der Waals surface area contributed by atoms with E-state index in [2.05, 4.69) is 150 Å². The molecule has 0 aliphatic rings. The van der Waals surface area contributed by atoms with Crippen LogP contribution in [0.15, 0.2) is 164 Å². The molecular weight excluding hydrogens is 767 g/mol. The van der Waals surface area contributed by atoms with Gasteiger partial charge in [0.2, 0.25) is 0 Å². The van der Waals surface area contributed by atoms with Crippen LogP contribution in [0.5, 0.6) is 5.75 Å². The van der Waals surface area contributed by atoms with Crippen LogP contribution in [0.1, 0.15) is 76.2 Å². The molecule has 312 valence electrons. The van der Waals surface area contributed by atoms with Crippen molar-refractivity contribution in [2.45, 2.75) is 73.1 Å². The molecule has 0 fully saturated rings. The van der Waals surface area contributed by atoms with Crippen LogP contribution < -0.4 is 0 Å². The summed E-state index contributed by atoms with van der Waals surface area (Å²) in [5.74, 6) is 0.779. The molecule has 0 bridgehead atoms. The summed E-state index contributed by atoms with van der Waals surface area (Å²) in [4.78, 5) is 10.4. The fourth-order valence-electron chi connectivity index (χ4n) is 8.58. The molecule has 0 saturated carbocycles. The molecule has 0 aliphatic heterocycles. The quantitative estimate of drug-likeness (QED) is 0.174. The highest BCUT2D eigenvalue weighted by Crippen LogP contribution is 2.44. The molecule has 9 aromatic rings. The summed E-state index contributed by atoms with van der Waals surface area (Å²) in [5, 5.41) is 12.0. The molecule has 63 heavy (non-hydrogen) atoms. The van der Waals surface area contributed by atoms with Gasteiger partial charge in [-0.1, -0.05) is 151 Å². The Bertz CT molecular complexity index is 3420. The monoisotopic (exact) mass is 826 g/mol. The maximum Gasteiger partial charge on any atom is 0.149 e. The van der Waals surface area contributed by atoms with Crippen molar-refractivity contribution in [3.8, 4) is 78.6 Å². The molecule has 1 N–H and O–H groups in total. The number of hydrogen-bond acceptors (Lipinski definition) is 3. The molecule has 2 aromatic heterocycles. The molecule has 0 unspecified atom stereocenters. The zero-order chi connectivity index (χ0) is 48.6. The molecule has 4 heteroatoms.